The van der Waals surface area contributed by atoms with Crippen LogP contribution in [0.2, 0.25) is 0 Å². The third-order valence-electron chi connectivity index (χ3n) is 7.08. The van der Waals surface area contributed by atoms with Crippen molar-refractivity contribution in [2.75, 3.05) is 31.1 Å². The Bertz CT molecular complexity index is 1470. The molecule has 270 valence electrons. The molecule has 0 saturated carbocycles. The van der Waals surface area contributed by atoms with Crippen LogP contribution in [0.4, 0.5) is 45.5 Å². The zero-order chi connectivity index (χ0) is 37.2. The number of piperidine rings is 1. The van der Waals surface area contributed by atoms with E-state index in [1.54, 1.807) is 0 Å². The van der Waals surface area contributed by atoms with Crippen molar-refractivity contribution in [2.24, 2.45) is 0 Å². The molecule has 0 atom stereocenters. The largest absolute Gasteiger partial charge is 0.490 e. The van der Waals surface area contributed by atoms with Crippen molar-refractivity contribution in [3.63, 3.8) is 0 Å². The third kappa shape index (κ3) is 11.0. The summed E-state index contributed by atoms with van der Waals surface area (Å²) in [6.45, 7) is 7.30. The number of carboxylic acid groups (broad SMARTS) is 3. The zero-order valence-electron chi connectivity index (χ0n) is 25.3. The molecule has 5 rings (SSSR count). The number of aliphatic carboxylic acids is 3. The lowest BCUT2D eigenvalue weighted by atomic mass is 9.83. The van der Waals surface area contributed by atoms with E-state index in [2.05, 4.69) is 67.8 Å². The van der Waals surface area contributed by atoms with Gasteiger partial charge in [-0.15, -0.1) is 0 Å². The van der Waals surface area contributed by atoms with Crippen molar-refractivity contribution in [1.29, 1.82) is 0 Å². The van der Waals surface area contributed by atoms with Crippen LogP contribution in [0.25, 0.3) is 11.3 Å². The molecule has 2 aliphatic rings. The van der Waals surface area contributed by atoms with Crippen LogP contribution in [0.15, 0.2) is 55.0 Å². The molecule has 0 amide bonds. The first-order chi connectivity index (χ1) is 22.6. The molecular formula is C28H29F9N6O6. The van der Waals surface area contributed by atoms with Gasteiger partial charge in [0.05, 0.1) is 17.4 Å². The van der Waals surface area contributed by atoms with E-state index in [9.17, 15) is 39.5 Å². The van der Waals surface area contributed by atoms with E-state index in [1.165, 1.54) is 17.1 Å². The van der Waals surface area contributed by atoms with Crippen LogP contribution in [-0.4, -0.2) is 102 Å². The maximum Gasteiger partial charge on any atom is 0.490 e. The third-order valence-corrected chi connectivity index (χ3v) is 7.08. The monoisotopic (exact) mass is 716 g/mol. The maximum absolute atomic E-state index is 10.6. The molecule has 1 fully saturated rings. The molecule has 2 aromatic heterocycles. The molecule has 12 nitrogen and oxygen atoms in total. The average Bonchev–Trinajstić information content (AvgIpc) is 3.48. The standard InChI is InChI=1S/C22H26N6.3C2HF3O2/c1-2-27-15-16-28-19(18-7-4-3-5-8-18)17-25-20(28)22(27)9-13-26(14-10-22)21-23-11-6-12-24-21;3*3-2(4,5)1(6)7/h3-8,11-12,17H,2,9-10,13-16H2,1H3;3*(H,6,7). The first-order valence-corrected chi connectivity index (χ1v) is 13.9. The van der Waals surface area contributed by atoms with Gasteiger partial charge in [0.15, 0.2) is 0 Å². The number of benzene rings is 1. The maximum atomic E-state index is 10.6. The van der Waals surface area contributed by atoms with Gasteiger partial charge in [0, 0.05) is 38.6 Å². The number of hydrogen-bond acceptors (Lipinski definition) is 8. The molecule has 0 radical (unpaired) electrons. The van der Waals surface area contributed by atoms with E-state index < -0.39 is 36.4 Å². The smallest absolute Gasteiger partial charge is 0.475 e. The Balaban J connectivity index is 0.000000325. The fraction of sp³-hybridized carbons (Fsp3) is 0.429. The lowest BCUT2D eigenvalue weighted by molar-refractivity contribution is -0.193. The SMILES string of the molecule is CCN1CCn2c(-c3ccccc3)cnc2C12CCN(c1ncccn1)CC2.O=C(O)C(F)(F)F.O=C(O)C(F)(F)F.O=C(O)C(F)(F)F. The summed E-state index contributed by atoms with van der Waals surface area (Å²) in [5, 5.41) is 21.4. The van der Waals surface area contributed by atoms with Crippen molar-refractivity contribution < 1.29 is 69.2 Å². The van der Waals surface area contributed by atoms with Gasteiger partial charge in [0.25, 0.3) is 0 Å². The van der Waals surface area contributed by atoms with Gasteiger partial charge in [-0.25, -0.2) is 29.3 Å². The predicted octanol–water partition coefficient (Wildman–Crippen LogP) is 5.07. The van der Waals surface area contributed by atoms with Crippen molar-refractivity contribution >= 4 is 23.9 Å². The average molecular weight is 717 g/mol. The summed E-state index contributed by atoms with van der Waals surface area (Å²) < 4.78 is 97.7. The fourth-order valence-corrected chi connectivity index (χ4v) is 4.92. The number of fused-ring (bicyclic) bond motifs is 2. The van der Waals surface area contributed by atoms with E-state index in [1.807, 2.05) is 18.5 Å². The highest BCUT2D eigenvalue weighted by Gasteiger charge is 2.47. The van der Waals surface area contributed by atoms with Crippen LogP contribution < -0.4 is 4.90 Å². The summed E-state index contributed by atoms with van der Waals surface area (Å²) in [4.78, 5) is 45.5. The van der Waals surface area contributed by atoms with Crippen LogP contribution in [0.3, 0.4) is 0 Å². The van der Waals surface area contributed by atoms with Crippen molar-refractivity contribution in [3.05, 3.63) is 60.8 Å². The van der Waals surface area contributed by atoms with Crippen LogP contribution in [-0.2, 0) is 26.5 Å². The molecule has 0 bridgehead atoms. The van der Waals surface area contributed by atoms with Crippen LogP contribution in [0.1, 0.15) is 25.6 Å². The number of imidazole rings is 1. The highest BCUT2D eigenvalue weighted by Crippen LogP contribution is 2.42. The molecule has 3 aromatic rings. The van der Waals surface area contributed by atoms with E-state index in [0.717, 1.165) is 51.5 Å². The van der Waals surface area contributed by atoms with Gasteiger partial charge in [0.1, 0.15) is 5.82 Å². The Hall–Kier alpha value is -4.95. The second kappa shape index (κ2) is 16.4. The number of halogens is 9. The number of carbonyl (C=O) groups is 3. The molecule has 49 heavy (non-hydrogen) atoms. The molecule has 0 unspecified atom stereocenters. The molecule has 4 heterocycles. The van der Waals surface area contributed by atoms with Crippen molar-refractivity contribution in [3.8, 4) is 11.3 Å². The van der Waals surface area contributed by atoms with Gasteiger partial charge in [0.2, 0.25) is 5.95 Å². The summed E-state index contributed by atoms with van der Waals surface area (Å²) in [6, 6.07) is 12.5. The molecule has 2 aliphatic heterocycles. The second-order valence-corrected chi connectivity index (χ2v) is 10.0. The topological polar surface area (TPSA) is 162 Å². The van der Waals surface area contributed by atoms with Gasteiger partial charge in [-0.3, -0.25) is 4.90 Å². The summed E-state index contributed by atoms with van der Waals surface area (Å²) in [5.41, 5.74) is 2.49. The number of nitrogens with zero attached hydrogens (tertiary/aromatic N) is 6. The minimum absolute atomic E-state index is 0.00527. The van der Waals surface area contributed by atoms with Gasteiger partial charge in [-0.05, 0) is 31.0 Å². The molecule has 1 saturated heterocycles. The van der Waals surface area contributed by atoms with Gasteiger partial charge < -0.3 is 24.8 Å². The number of hydrogen-bond donors (Lipinski definition) is 3. The Labute approximate surface area is 271 Å². The van der Waals surface area contributed by atoms with E-state index >= 15 is 0 Å². The first-order valence-electron chi connectivity index (χ1n) is 13.9. The van der Waals surface area contributed by atoms with Crippen LogP contribution in [0.5, 0.6) is 0 Å². The lowest BCUT2D eigenvalue weighted by Gasteiger charge is -2.50. The predicted molar refractivity (Wildman–Crippen MR) is 151 cm³/mol. The fourth-order valence-electron chi connectivity index (χ4n) is 4.92. The molecule has 1 aromatic carbocycles. The van der Waals surface area contributed by atoms with Crippen molar-refractivity contribution in [1.82, 2.24) is 24.4 Å². The van der Waals surface area contributed by atoms with E-state index in [-0.39, 0.29) is 5.54 Å². The number of alkyl halides is 9. The molecule has 3 N–H and O–H groups in total. The highest BCUT2D eigenvalue weighted by atomic mass is 19.4. The van der Waals surface area contributed by atoms with Crippen LogP contribution >= 0.6 is 0 Å². The number of anilines is 1. The molecule has 1 spiro atoms. The lowest BCUT2D eigenvalue weighted by Crippen LogP contribution is -2.58. The Kier molecular flexibility index (Phi) is 13.5. The van der Waals surface area contributed by atoms with Crippen molar-refractivity contribution in [2.45, 2.75) is 50.4 Å². The molecule has 21 heteroatoms. The minimum atomic E-state index is -5.08. The highest BCUT2D eigenvalue weighted by molar-refractivity contribution is 5.73. The number of carboxylic acids is 3. The first kappa shape index (κ1) is 40.2. The van der Waals surface area contributed by atoms with E-state index in [0.29, 0.717) is 0 Å². The Morgan fingerprint density at radius 2 is 1.16 bits per heavy atom. The summed E-state index contributed by atoms with van der Waals surface area (Å²) in [5.74, 6) is -6.20. The quantitative estimate of drug-likeness (QED) is 0.311. The number of aromatic nitrogens is 4. The van der Waals surface area contributed by atoms with E-state index in [4.69, 9.17) is 34.7 Å². The van der Waals surface area contributed by atoms with Gasteiger partial charge in [-0.1, -0.05) is 37.3 Å². The van der Waals surface area contributed by atoms with Gasteiger partial charge in [-0.2, -0.15) is 39.5 Å². The summed E-state index contributed by atoms with van der Waals surface area (Å²) in [7, 11) is 0. The van der Waals surface area contributed by atoms with Crippen LogP contribution in [0, 0.1) is 0 Å². The Morgan fingerprint density at radius 1 is 0.714 bits per heavy atom. The number of likely N-dealkylation sites (N-methyl/N-ethyl adjacent to an activating group) is 1. The molecular weight excluding hydrogens is 687 g/mol. The van der Waals surface area contributed by atoms with Gasteiger partial charge >= 0.3 is 36.4 Å². The Morgan fingerprint density at radius 3 is 1.57 bits per heavy atom. The normalized spacial score (nSPS) is 15.7. The molecule has 0 aliphatic carbocycles. The second-order valence-electron chi connectivity index (χ2n) is 10.0. The summed E-state index contributed by atoms with van der Waals surface area (Å²) >= 11 is 0. The minimum Gasteiger partial charge on any atom is -0.475 e. The number of rotatable bonds is 3. The zero-order valence-corrected chi connectivity index (χ0v) is 25.3. The summed E-state index contributed by atoms with van der Waals surface area (Å²) in [6.07, 6.45) is -7.44.